The number of hydrogen-bond donors (Lipinski definition) is 1. The van der Waals surface area contributed by atoms with Crippen molar-refractivity contribution in [1.29, 1.82) is 0 Å². The van der Waals surface area contributed by atoms with Gasteiger partial charge in [-0.05, 0) is 13.2 Å². The Kier molecular flexibility index (Phi) is 3.91. The van der Waals surface area contributed by atoms with Gasteiger partial charge in [0.2, 0.25) is 0 Å². The van der Waals surface area contributed by atoms with Gasteiger partial charge in [0, 0.05) is 0 Å². The second-order valence-corrected chi connectivity index (χ2v) is 2.44. The fourth-order valence-corrected chi connectivity index (χ4v) is 0.789. The van der Waals surface area contributed by atoms with Gasteiger partial charge in [0.15, 0.2) is 5.78 Å². The number of carbonyl (C=O) groups excluding carboxylic acids is 1. The lowest BCUT2D eigenvalue weighted by molar-refractivity contribution is -0.123. The molecule has 0 aromatic heterocycles. The standard InChI is InChI=1S/C5H10O2S/c1-4(6)5(7)3-8-2/h4,6H,3H2,1-2H3. The first-order valence-corrected chi connectivity index (χ1v) is 3.77. The number of Topliss-reactive ketones (excluding diaryl/α,β-unsaturated/α-hetero) is 1. The fourth-order valence-electron chi connectivity index (χ4n) is 0.263. The van der Waals surface area contributed by atoms with E-state index in [2.05, 4.69) is 0 Å². The average Bonchev–Trinajstić information content (AvgIpc) is 1.67. The number of thioether (sulfide) groups is 1. The molecule has 0 aromatic rings. The number of aliphatic hydroxyl groups excluding tert-OH is 1. The fraction of sp³-hybridized carbons (Fsp3) is 0.800. The van der Waals surface area contributed by atoms with Crippen LogP contribution in [0.5, 0.6) is 0 Å². The minimum Gasteiger partial charge on any atom is -0.386 e. The van der Waals surface area contributed by atoms with Gasteiger partial charge < -0.3 is 5.11 Å². The van der Waals surface area contributed by atoms with Gasteiger partial charge in [0.1, 0.15) is 6.10 Å². The average molecular weight is 134 g/mol. The summed E-state index contributed by atoms with van der Waals surface area (Å²) in [6, 6.07) is 0. The van der Waals surface area contributed by atoms with Crippen LogP contribution in [0.25, 0.3) is 0 Å². The second kappa shape index (κ2) is 3.92. The third-order valence-electron chi connectivity index (χ3n) is 0.753. The molecule has 0 amide bonds. The molecule has 1 N–H and O–H groups in total. The molecule has 0 bridgehead atoms. The van der Waals surface area contributed by atoms with Crippen molar-refractivity contribution < 1.29 is 9.90 Å². The topological polar surface area (TPSA) is 37.3 Å². The minimum absolute atomic E-state index is 0.0995. The first-order valence-electron chi connectivity index (χ1n) is 2.38. The highest BCUT2D eigenvalue weighted by Gasteiger charge is 2.05. The van der Waals surface area contributed by atoms with Crippen molar-refractivity contribution >= 4 is 17.5 Å². The van der Waals surface area contributed by atoms with Crippen LogP contribution in [0.4, 0.5) is 0 Å². The maximum absolute atomic E-state index is 10.5. The predicted molar refractivity (Wildman–Crippen MR) is 35.1 cm³/mol. The van der Waals surface area contributed by atoms with Gasteiger partial charge in [-0.1, -0.05) is 0 Å². The van der Waals surface area contributed by atoms with Crippen LogP contribution in [0.15, 0.2) is 0 Å². The van der Waals surface area contributed by atoms with Crippen LogP contribution < -0.4 is 0 Å². The van der Waals surface area contributed by atoms with Crippen molar-refractivity contribution in [3.8, 4) is 0 Å². The number of aliphatic hydroxyl groups is 1. The Morgan fingerprint density at radius 2 is 2.38 bits per heavy atom. The van der Waals surface area contributed by atoms with E-state index in [0.717, 1.165) is 0 Å². The highest BCUT2D eigenvalue weighted by atomic mass is 32.2. The zero-order valence-corrected chi connectivity index (χ0v) is 5.86. The van der Waals surface area contributed by atoms with Gasteiger partial charge in [-0.2, -0.15) is 11.8 Å². The zero-order chi connectivity index (χ0) is 6.57. The number of hydrogen-bond acceptors (Lipinski definition) is 3. The molecule has 0 spiro atoms. The van der Waals surface area contributed by atoms with Gasteiger partial charge >= 0.3 is 0 Å². The molecule has 0 radical (unpaired) electrons. The summed E-state index contributed by atoms with van der Waals surface area (Å²) in [6.45, 7) is 1.48. The molecule has 1 atom stereocenters. The van der Waals surface area contributed by atoms with Gasteiger partial charge in [0.25, 0.3) is 0 Å². The zero-order valence-electron chi connectivity index (χ0n) is 5.05. The molecule has 0 aliphatic carbocycles. The number of carbonyl (C=O) groups is 1. The molecule has 0 heterocycles. The van der Waals surface area contributed by atoms with E-state index in [0.29, 0.717) is 5.75 Å². The summed E-state index contributed by atoms with van der Waals surface area (Å²) >= 11 is 1.43. The Bertz CT molecular complexity index is 80.5. The predicted octanol–water partition coefficient (Wildman–Crippen LogP) is 0.299. The Morgan fingerprint density at radius 3 is 2.50 bits per heavy atom. The van der Waals surface area contributed by atoms with Crippen LogP contribution in [0.1, 0.15) is 6.92 Å². The van der Waals surface area contributed by atoms with Crippen LogP contribution in [-0.4, -0.2) is 29.0 Å². The number of rotatable bonds is 3. The molecule has 0 saturated heterocycles. The summed E-state index contributed by atoms with van der Waals surface area (Å²) in [7, 11) is 0. The molecule has 3 heteroatoms. The van der Waals surface area contributed by atoms with Crippen molar-refractivity contribution in [2.75, 3.05) is 12.0 Å². The molecule has 0 fully saturated rings. The SMILES string of the molecule is CSCC(=O)C(C)O. The van der Waals surface area contributed by atoms with Crippen LogP contribution in [0.2, 0.25) is 0 Å². The summed E-state index contributed by atoms with van der Waals surface area (Å²) in [6.07, 6.45) is 1.04. The molecule has 0 aromatic carbocycles. The van der Waals surface area contributed by atoms with Crippen molar-refractivity contribution in [1.82, 2.24) is 0 Å². The maximum atomic E-state index is 10.5. The van der Waals surface area contributed by atoms with Crippen LogP contribution in [-0.2, 0) is 4.79 Å². The summed E-state index contributed by atoms with van der Waals surface area (Å²) in [5.41, 5.74) is 0. The van der Waals surface area contributed by atoms with E-state index in [-0.39, 0.29) is 5.78 Å². The Hall–Kier alpha value is -0.0200. The second-order valence-electron chi connectivity index (χ2n) is 1.58. The van der Waals surface area contributed by atoms with Crippen molar-refractivity contribution in [2.24, 2.45) is 0 Å². The highest BCUT2D eigenvalue weighted by molar-refractivity contribution is 7.99. The lowest BCUT2D eigenvalue weighted by Crippen LogP contribution is -2.17. The quantitative estimate of drug-likeness (QED) is 0.603. The normalized spacial score (nSPS) is 13.4. The monoisotopic (exact) mass is 134 g/mol. The lowest BCUT2D eigenvalue weighted by atomic mass is 10.3. The van der Waals surface area contributed by atoms with Crippen LogP contribution in [0.3, 0.4) is 0 Å². The molecule has 48 valence electrons. The van der Waals surface area contributed by atoms with Crippen molar-refractivity contribution in [2.45, 2.75) is 13.0 Å². The highest BCUT2D eigenvalue weighted by Crippen LogP contribution is 1.94. The van der Waals surface area contributed by atoms with E-state index in [1.54, 1.807) is 0 Å². The van der Waals surface area contributed by atoms with E-state index >= 15 is 0 Å². The Balaban J connectivity index is 3.33. The molecule has 0 rings (SSSR count). The molecule has 0 saturated carbocycles. The van der Waals surface area contributed by atoms with Gasteiger partial charge in [-0.25, -0.2) is 0 Å². The van der Waals surface area contributed by atoms with Gasteiger partial charge in [-0.3, -0.25) is 4.79 Å². The van der Waals surface area contributed by atoms with Gasteiger partial charge in [0.05, 0.1) is 5.75 Å². The summed E-state index contributed by atoms with van der Waals surface area (Å²) < 4.78 is 0. The van der Waals surface area contributed by atoms with Crippen LogP contribution >= 0.6 is 11.8 Å². The smallest absolute Gasteiger partial charge is 0.170 e. The third kappa shape index (κ3) is 3.04. The van der Waals surface area contributed by atoms with Crippen LogP contribution in [0, 0.1) is 0 Å². The summed E-state index contributed by atoms with van der Waals surface area (Å²) in [5.74, 6) is 0.315. The Labute approximate surface area is 53.3 Å². The van der Waals surface area contributed by atoms with E-state index in [4.69, 9.17) is 5.11 Å². The van der Waals surface area contributed by atoms with Gasteiger partial charge in [-0.15, -0.1) is 0 Å². The van der Waals surface area contributed by atoms with Crippen molar-refractivity contribution in [3.63, 3.8) is 0 Å². The molecule has 0 aliphatic rings. The Morgan fingerprint density at radius 1 is 1.88 bits per heavy atom. The number of ketones is 1. The van der Waals surface area contributed by atoms with E-state index in [1.807, 2.05) is 6.26 Å². The van der Waals surface area contributed by atoms with E-state index in [1.165, 1.54) is 18.7 Å². The molecule has 2 nitrogen and oxygen atoms in total. The summed E-state index contributed by atoms with van der Waals surface area (Å²) in [5, 5.41) is 8.59. The van der Waals surface area contributed by atoms with E-state index in [9.17, 15) is 4.79 Å². The molecular formula is C5H10O2S. The lowest BCUT2D eigenvalue weighted by Gasteiger charge is -1.98. The third-order valence-corrected chi connectivity index (χ3v) is 1.33. The molecule has 1 unspecified atom stereocenters. The minimum atomic E-state index is -0.789. The molecular weight excluding hydrogens is 124 g/mol. The molecule has 8 heavy (non-hydrogen) atoms. The maximum Gasteiger partial charge on any atom is 0.170 e. The first-order chi connectivity index (χ1) is 3.68. The van der Waals surface area contributed by atoms with Crippen molar-refractivity contribution in [3.05, 3.63) is 0 Å². The largest absolute Gasteiger partial charge is 0.386 e. The molecule has 0 aliphatic heterocycles. The summed E-state index contributed by atoms with van der Waals surface area (Å²) in [4.78, 5) is 10.5. The first kappa shape index (κ1) is 7.98. The van der Waals surface area contributed by atoms with E-state index < -0.39 is 6.10 Å².